The molecule has 1 heterocycles. The summed E-state index contributed by atoms with van der Waals surface area (Å²) in [6, 6.07) is 21.5. The van der Waals surface area contributed by atoms with Gasteiger partial charge in [-0.2, -0.15) is 0 Å². The monoisotopic (exact) mass is 445 g/mol. The number of Topliss-reactive ketones (excluding diaryl/α,β-unsaturated/α-hetero) is 2. The van der Waals surface area contributed by atoms with Crippen LogP contribution in [-0.4, -0.2) is 24.2 Å². The predicted octanol–water partition coefficient (Wildman–Crippen LogP) is 4.63. The van der Waals surface area contributed by atoms with Crippen LogP contribution in [0.4, 0.5) is 8.78 Å². The Morgan fingerprint density at radius 2 is 1.55 bits per heavy atom. The molecule has 1 aliphatic heterocycles. The van der Waals surface area contributed by atoms with Gasteiger partial charge in [0.25, 0.3) is 0 Å². The molecule has 0 spiro atoms. The number of ketones is 2. The first-order valence-electron chi connectivity index (χ1n) is 11.3. The van der Waals surface area contributed by atoms with Crippen molar-refractivity contribution in [3.63, 3.8) is 0 Å². The van der Waals surface area contributed by atoms with E-state index in [-0.39, 0.29) is 18.0 Å². The summed E-state index contributed by atoms with van der Waals surface area (Å²) >= 11 is 0. The largest absolute Gasteiger partial charge is 0.306 e. The maximum atomic E-state index is 14.4. The number of nitrogens with one attached hydrogen (secondary N) is 1. The van der Waals surface area contributed by atoms with Gasteiger partial charge in [-0.15, -0.1) is 0 Å². The lowest BCUT2D eigenvalue weighted by Crippen LogP contribution is -2.52. The summed E-state index contributed by atoms with van der Waals surface area (Å²) in [7, 11) is 0. The van der Waals surface area contributed by atoms with E-state index in [1.807, 2.05) is 42.5 Å². The van der Waals surface area contributed by atoms with Crippen LogP contribution < -0.4 is 5.32 Å². The van der Waals surface area contributed by atoms with E-state index in [0.717, 1.165) is 5.56 Å². The first kappa shape index (κ1) is 21.7. The Kier molecular flexibility index (Phi) is 5.67. The Morgan fingerprint density at radius 3 is 2.15 bits per heavy atom. The zero-order chi connectivity index (χ0) is 23.0. The molecule has 3 unspecified atom stereocenters. The van der Waals surface area contributed by atoms with Gasteiger partial charge in [0, 0.05) is 36.6 Å². The molecule has 3 aromatic rings. The molecule has 1 saturated heterocycles. The minimum absolute atomic E-state index is 0.0134. The quantitative estimate of drug-likeness (QED) is 0.623. The van der Waals surface area contributed by atoms with Gasteiger partial charge in [0.1, 0.15) is 17.4 Å². The smallest absolute Gasteiger partial charge is 0.154 e. The summed E-state index contributed by atoms with van der Waals surface area (Å²) in [5, 5.41) is 3.31. The number of carbonyl (C=O) groups is 2. The Balaban J connectivity index is 1.65. The highest BCUT2D eigenvalue weighted by molar-refractivity contribution is 5.91. The van der Waals surface area contributed by atoms with Crippen LogP contribution in [0.5, 0.6) is 0 Å². The number of hydrogen-bond donors (Lipinski definition) is 1. The summed E-state index contributed by atoms with van der Waals surface area (Å²) < 4.78 is 28.9. The highest BCUT2D eigenvalue weighted by Gasteiger charge is 2.58. The minimum atomic E-state index is -0.858. The third kappa shape index (κ3) is 3.80. The van der Waals surface area contributed by atoms with Crippen LogP contribution in [0.2, 0.25) is 0 Å². The van der Waals surface area contributed by atoms with Crippen LogP contribution in [0.15, 0.2) is 78.9 Å². The average molecular weight is 446 g/mol. The van der Waals surface area contributed by atoms with E-state index < -0.39 is 34.9 Å². The van der Waals surface area contributed by atoms with E-state index in [4.69, 9.17) is 0 Å². The maximum absolute atomic E-state index is 14.4. The molecule has 1 saturated carbocycles. The number of halogens is 2. The van der Waals surface area contributed by atoms with Crippen molar-refractivity contribution in [3.05, 3.63) is 107 Å². The molecule has 3 aromatic carbocycles. The second-order valence-electron chi connectivity index (χ2n) is 9.11. The highest BCUT2D eigenvalue weighted by Crippen LogP contribution is 2.53. The number of carbonyl (C=O) groups excluding carboxylic acids is 2. The topological polar surface area (TPSA) is 46.2 Å². The lowest BCUT2D eigenvalue weighted by molar-refractivity contribution is -0.128. The highest BCUT2D eigenvalue weighted by atomic mass is 19.1. The van der Waals surface area contributed by atoms with Crippen molar-refractivity contribution >= 4 is 11.6 Å². The van der Waals surface area contributed by atoms with Crippen molar-refractivity contribution in [2.45, 2.75) is 30.7 Å². The molecule has 33 heavy (non-hydrogen) atoms. The SMILES string of the molecule is O=C1CCC(c2cccc(F)c2)(c2cccc(F)c2)C2C1CNC2C(=O)Cc1ccccc1. The minimum Gasteiger partial charge on any atom is -0.306 e. The van der Waals surface area contributed by atoms with Gasteiger partial charge in [-0.1, -0.05) is 54.6 Å². The zero-order valence-electron chi connectivity index (χ0n) is 18.1. The molecule has 168 valence electrons. The molecule has 0 radical (unpaired) electrons. The third-order valence-corrected chi connectivity index (χ3v) is 7.35. The van der Waals surface area contributed by atoms with E-state index in [2.05, 4.69) is 5.32 Å². The molecule has 3 atom stereocenters. The second-order valence-corrected chi connectivity index (χ2v) is 9.11. The van der Waals surface area contributed by atoms with Crippen LogP contribution in [0.1, 0.15) is 29.5 Å². The summed E-state index contributed by atoms with van der Waals surface area (Å²) in [5.74, 6) is -1.52. The lowest BCUT2D eigenvalue weighted by atomic mass is 9.54. The Hall–Kier alpha value is -3.18. The molecule has 0 bridgehead atoms. The van der Waals surface area contributed by atoms with Crippen molar-refractivity contribution in [2.24, 2.45) is 11.8 Å². The summed E-state index contributed by atoms with van der Waals surface area (Å²) in [6.45, 7) is 0.390. The van der Waals surface area contributed by atoms with E-state index in [9.17, 15) is 18.4 Å². The Labute approximate surface area is 191 Å². The lowest BCUT2D eigenvalue weighted by Gasteiger charge is -2.47. The number of benzene rings is 3. The van der Waals surface area contributed by atoms with Crippen LogP contribution in [0, 0.1) is 23.5 Å². The van der Waals surface area contributed by atoms with Crippen LogP contribution in [0.3, 0.4) is 0 Å². The zero-order valence-corrected chi connectivity index (χ0v) is 18.1. The van der Waals surface area contributed by atoms with Crippen molar-refractivity contribution in [1.29, 1.82) is 0 Å². The molecule has 5 rings (SSSR count). The molecular weight excluding hydrogens is 420 g/mol. The number of hydrogen-bond acceptors (Lipinski definition) is 3. The molecule has 2 fully saturated rings. The van der Waals surface area contributed by atoms with Crippen LogP contribution in [0.25, 0.3) is 0 Å². The average Bonchev–Trinajstić information content (AvgIpc) is 3.27. The van der Waals surface area contributed by atoms with Crippen molar-refractivity contribution in [1.82, 2.24) is 5.32 Å². The maximum Gasteiger partial charge on any atom is 0.154 e. The Morgan fingerprint density at radius 1 is 0.909 bits per heavy atom. The second kappa shape index (κ2) is 8.64. The van der Waals surface area contributed by atoms with E-state index in [1.54, 1.807) is 12.1 Å². The number of rotatable bonds is 5. The fourth-order valence-corrected chi connectivity index (χ4v) is 5.95. The molecule has 2 aliphatic rings. The van der Waals surface area contributed by atoms with Gasteiger partial charge in [-0.3, -0.25) is 9.59 Å². The summed E-state index contributed by atoms with van der Waals surface area (Å²) in [5.41, 5.74) is 1.40. The third-order valence-electron chi connectivity index (χ3n) is 7.35. The first-order chi connectivity index (χ1) is 16.0. The summed E-state index contributed by atoms with van der Waals surface area (Å²) in [4.78, 5) is 26.5. The van der Waals surface area contributed by atoms with Gasteiger partial charge in [-0.05, 0) is 47.4 Å². The first-order valence-corrected chi connectivity index (χ1v) is 11.3. The summed E-state index contributed by atoms with van der Waals surface area (Å²) in [6.07, 6.45) is 0.935. The molecule has 5 heteroatoms. The standard InChI is InChI=1S/C28H25F2NO2/c29-21-10-4-8-19(15-21)28(20-9-5-11-22(30)16-20)13-12-24(32)23-17-31-27(26(23)28)25(33)14-18-6-2-1-3-7-18/h1-11,15-16,23,26-27,31H,12-14,17H2. The van der Waals surface area contributed by atoms with Gasteiger partial charge in [0.05, 0.1) is 6.04 Å². The van der Waals surface area contributed by atoms with Gasteiger partial charge in [0.2, 0.25) is 0 Å². The molecule has 1 N–H and O–H groups in total. The van der Waals surface area contributed by atoms with E-state index in [1.165, 1.54) is 24.3 Å². The van der Waals surface area contributed by atoms with E-state index in [0.29, 0.717) is 30.5 Å². The molecule has 3 nitrogen and oxygen atoms in total. The van der Waals surface area contributed by atoms with Crippen molar-refractivity contribution in [3.8, 4) is 0 Å². The Bertz CT molecular complexity index is 1150. The molecular formula is C28H25F2NO2. The van der Waals surface area contributed by atoms with Crippen LogP contribution >= 0.6 is 0 Å². The molecule has 1 aliphatic carbocycles. The van der Waals surface area contributed by atoms with Crippen molar-refractivity contribution in [2.75, 3.05) is 6.54 Å². The van der Waals surface area contributed by atoms with Gasteiger partial charge in [0.15, 0.2) is 5.78 Å². The fourth-order valence-electron chi connectivity index (χ4n) is 5.95. The molecule has 0 amide bonds. The van der Waals surface area contributed by atoms with Gasteiger partial charge >= 0.3 is 0 Å². The molecule has 0 aromatic heterocycles. The number of fused-ring (bicyclic) bond motifs is 1. The predicted molar refractivity (Wildman–Crippen MR) is 122 cm³/mol. The van der Waals surface area contributed by atoms with Crippen molar-refractivity contribution < 1.29 is 18.4 Å². The van der Waals surface area contributed by atoms with E-state index >= 15 is 0 Å². The van der Waals surface area contributed by atoms with Gasteiger partial charge < -0.3 is 5.32 Å². The normalized spacial score (nSPS) is 23.8. The van der Waals surface area contributed by atoms with Crippen LogP contribution in [-0.2, 0) is 21.4 Å². The van der Waals surface area contributed by atoms with Gasteiger partial charge in [-0.25, -0.2) is 8.78 Å². The fraction of sp³-hybridized carbons (Fsp3) is 0.286.